The van der Waals surface area contributed by atoms with Crippen molar-refractivity contribution >= 4 is 17.6 Å². The van der Waals surface area contributed by atoms with Gasteiger partial charge in [0.15, 0.2) is 0 Å². The molecule has 2 aliphatic rings. The highest BCUT2D eigenvalue weighted by Crippen LogP contribution is 2.54. The molecular weight excluding hydrogens is 296 g/mol. The van der Waals surface area contributed by atoms with Crippen LogP contribution in [-0.4, -0.2) is 50.3 Å². The van der Waals surface area contributed by atoms with Gasteiger partial charge in [0.05, 0.1) is 14.2 Å². The van der Waals surface area contributed by atoms with Crippen LogP contribution in [0.25, 0.3) is 0 Å². The lowest BCUT2D eigenvalue weighted by atomic mass is 9.80. The summed E-state index contributed by atoms with van der Waals surface area (Å²) >= 11 is 0. The van der Waals surface area contributed by atoms with Gasteiger partial charge >= 0.3 is 5.97 Å². The fourth-order valence-corrected chi connectivity index (χ4v) is 4.21. The maximum absolute atomic E-state index is 12.2. The average molecular weight is 318 g/mol. The summed E-state index contributed by atoms with van der Waals surface area (Å²) in [6.07, 6.45) is 0.334. The largest absolute Gasteiger partial charge is 0.497 e. The molecule has 2 aliphatic heterocycles. The van der Waals surface area contributed by atoms with Gasteiger partial charge in [-0.05, 0) is 30.2 Å². The topological polar surface area (TPSA) is 59.1 Å². The number of fused-ring (bicyclic) bond motifs is 3. The van der Waals surface area contributed by atoms with Crippen LogP contribution in [0.3, 0.4) is 0 Å². The van der Waals surface area contributed by atoms with E-state index in [1.54, 1.807) is 12.0 Å². The maximum Gasteiger partial charge on any atom is 0.328 e. The molecule has 0 spiro atoms. The van der Waals surface area contributed by atoms with E-state index < -0.39 is 6.04 Å². The standard InChI is InChI=1S/C17H22N2O4/c1-10(20)19-14(15(21)23-5)9-17(2)12-8-11(22-4)6-7-13(12)18(3)16(17)19/h6-8,14,16H,9H2,1-5H3/t14?,16-,17-/m0/s1. The molecule has 0 N–H and O–H groups in total. The Bertz CT molecular complexity index is 675. The fraction of sp³-hybridized carbons (Fsp3) is 0.529. The SMILES string of the molecule is COC(=O)C1C[C@@]2(C)c3cc(OC)ccc3N(C)[C@H]2N1C(C)=O. The van der Waals surface area contributed by atoms with Crippen molar-refractivity contribution in [2.75, 3.05) is 26.2 Å². The Labute approximate surface area is 136 Å². The highest BCUT2D eigenvalue weighted by Gasteiger charge is 2.60. The molecule has 3 rings (SSSR count). The van der Waals surface area contributed by atoms with Crippen LogP contribution in [0, 0.1) is 0 Å². The minimum absolute atomic E-state index is 0.124. The second kappa shape index (κ2) is 5.15. The van der Waals surface area contributed by atoms with Gasteiger partial charge in [0.1, 0.15) is 18.0 Å². The number of carbonyl (C=O) groups is 2. The third-order valence-electron chi connectivity index (χ3n) is 5.19. The summed E-state index contributed by atoms with van der Waals surface area (Å²) in [7, 11) is 4.95. The molecule has 1 aromatic rings. The molecule has 1 fully saturated rings. The van der Waals surface area contributed by atoms with Gasteiger partial charge in [-0.3, -0.25) is 4.79 Å². The molecular formula is C17H22N2O4. The number of benzene rings is 1. The van der Waals surface area contributed by atoms with Gasteiger partial charge in [-0.25, -0.2) is 4.79 Å². The molecule has 1 aromatic carbocycles. The van der Waals surface area contributed by atoms with Crippen LogP contribution in [0.5, 0.6) is 5.75 Å². The Morgan fingerprint density at radius 1 is 1.30 bits per heavy atom. The summed E-state index contributed by atoms with van der Waals surface area (Å²) in [4.78, 5) is 28.2. The third-order valence-corrected chi connectivity index (χ3v) is 5.19. The van der Waals surface area contributed by atoms with Crippen LogP contribution >= 0.6 is 0 Å². The molecule has 3 atom stereocenters. The zero-order valence-electron chi connectivity index (χ0n) is 14.1. The van der Waals surface area contributed by atoms with Crippen LogP contribution in [0.1, 0.15) is 25.8 Å². The number of amides is 1. The van der Waals surface area contributed by atoms with E-state index in [0.29, 0.717) is 6.42 Å². The summed E-state index contributed by atoms with van der Waals surface area (Å²) in [5.74, 6) is 0.282. The zero-order chi connectivity index (χ0) is 16.9. The molecule has 23 heavy (non-hydrogen) atoms. The van der Waals surface area contributed by atoms with E-state index in [9.17, 15) is 9.59 Å². The Kier molecular flexibility index (Phi) is 3.50. The van der Waals surface area contributed by atoms with Gasteiger partial charge < -0.3 is 19.3 Å². The number of anilines is 1. The van der Waals surface area contributed by atoms with Crippen molar-refractivity contribution in [3.8, 4) is 5.75 Å². The number of hydrogen-bond acceptors (Lipinski definition) is 5. The van der Waals surface area contributed by atoms with Crippen molar-refractivity contribution < 1.29 is 19.1 Å². The first-order chi connectivity index (χ1) is 10.8. The molecule has 6 nitrogen and oxygen atoms in total. The first-order valence-electron chi connectivity index (χ1n) is 7.63. The number of likely N-dealkylation sites (N-methyl/N-ethyl adjacent to an activating group) is 1. The predicted octanol–water partition coefficient (Wildman–Crippen LogP) is 1.52. The minimum atomic E-state index is -0.561. The van der Waals surface area contributed by atoms with Gasteiger partial charge in [-0.1, -0.05) is 6.92 Å². The van der Waals surface area contributed by atoms with Gasteiger partial charge in [0, 0.05) is 25.1 Å². The number of esters is 1. The number of hydrogen-bond donors (Lipinski definition) is 0. The summed E-state index contributed by atoms with van der Waals surface area (Å²) in [6, 6.07) is 5.36. The van der Waals surface area contributed by atoms with Crippen molar-refractivity contribution in [3.05, 3.63) is 23.8 Å². The zero-order valence-corrected chi connectivity index (χ0v) is 14.1. The van der Waals surface area contributed by atoms with Crippen molar-refractivity contribution in [2.45, 2.75) is 37.9 Å². The Balaban J connectivity index is 2.13. The van der Waals surface area contributed by atoms with E-state index in [2.05, 4.69) is 11.8 Å². The molecule has 6 heteroatoms. The Hall–Kier alpha value is -2.24. The van der Waals surface area contributed by atoms with Crippen LogP contribution in [0.15, 0.2) is 18.2 Å². The average Bonchev–Trinajstić information content (AvgIpc) is 2.96. The number of rotatable bonds is 2. The van der Waals surface area contributed by atoms with E-state index in [1.165, 1.54) is 14.0 Å². The van der Waals surface area contributed by atoms with E-state index >= 15 is 0 Å². The molecule has 0 aliphatic carbocycles. The summed E-state index contributed by atoms with van der Waals surface area (Å²) < 4.78 is 10.3. The van der Waals surface area contributed by atoms with Crippen LogP contribution in [0.4, 0.5) is 5.69 Å². The lowest BCUT2D eigenvalue weighted by Crippen LogP contribution is -2.52. The molecule has 0 bridgehead atoms. The molecule has 0 radical (unpaired) electrons. The van der Waals surface area contributed by atoms with Crippen LogP contribution < -0.4 is 9.64 Å². The van der Waals surface area contributed by atoms with Crippen molar-refractivity contribution in [2.24, 2.45) is 0 Å². The lowest BCUT2D eigenvalue weighted by molar-refractivity contribution is -0.151. The normalized spacial score (nSPS) is 28.4. The van der Waals surface area contributed by atoms with Crippen LogP contribution in [0.2, 0.25) is 0 Å². The molecule has 1 unspecified atom stereocenters. The molecule has 124 valence electrons. The second-order valence-corrected chi connectivity index (χ2v) is 6.45. The molecule has 1 amide bonds. The number of carbonyl (C=O) groups excluding carboxylic acids is 2. The lowest BCUT2D eigenvalue weighted by Gasteiger charge is -2.35. The van der Waals surface area contributed by atoms with Gasteiger partial charge in [-0.15, -0.1) is 0 Å². The first kappa shape index (κ1) is 15.6. The molecule has 2 heterocycles. The minimum Gasteiger partial charge on any atom is -0.497 e. The van der Waals surface area contributed by atoms with E-state index in [4.69, 9.17) is 9.47 Å². The van der Waals surface area contributed by atoms with Gasteiger partial charge in [0.25, 0.3) is 0 Å². The monoisotopic (exact) mass is 318 g/mol. The van der Waals surface area contributed by atoms with E-state index in [-0.39, 0.29) is 23.5 Å². The number of likely N-dealkylation sites (tertiary alicyclic amines) is 1. The number of methoxy groups -OCH3 is 2. The Morgan fingerprint density at radius 3 is 2.57 bits per heavy atom. The Morgan fingerprint density at radius 2 is 2.00 bits per heavy atom. The highest BCUT2D eigenvalue weighted by molar-refractivity contribution is 5.86. The quantitative estimate of drug-likeness (QED) is 0.774. The molecule has 1 saturated heterocycles. The number of nitrogens with zero attached hydrogens (tertiary/aromatic N) is 2. The van der Waals surface area contributed by atoms with Crippen molar-refractivity contribution in [1.82, 2.24) is 4.90 Å². The van der Waals surface area contributed by atoms with Crippen molar-refractivity contribution in [1.29, 1.82) is 0 Å². The third kappa shape index (κ3) is 2.00. The van der Waals surface area contributed by atoms with Crippen molar-refractivity contribution in [3.63, 3.8) is 0 Å². The predicted molar refractivity (Wildman–Crippen MR) is 85.5 cm³/mol. The summed E-state index contributed by atoms with van der Waals surface area (Å²) in [5, 5.41) is 0. The second-order valence-electron chi connectivity index (χ2n) is 6.45. The first-order valence-corrected chi connectivity index (χ1v) is 7.63. The molecule has 0 aromatic heterocycles. The van der Waals surface area contributed by atoms with Crippen LogP contribution in [-0.2, 0) is 19.7 Å². The summed E-state index contributed by atoms with van der Waals surface area (Å²) in [5.41, 5.74) is 1.82. The van der Waals surface area contributed by atoms with Gasteiger partial charge in [-0.2, -0.15) is 0 Å². The van der Waals surface area contributed by atoms with Gasteiger partial charge in [0.2, 0.25) is 5.91 Å². The smallest absolute Gasteiger partial charge is 0.328 e. The maximum atomic E-state index is 12.2. The van der Waals surface area contributed by atoms with E-state index in [1.807, 2.05) is 25.2 Å². The molecule has 0 saturated carbocycles. The number of ether oxygens (including phenoxy) is 2. The summed E-state index contributed by atoms with van der Waals surface area (Å²) in [6.45, 7) is 3.59. The highest BCUT2D eigenvalue weighted by atomic mass is 16.5. The fourth-order valence-electron chi connectivity index (χ4n) is 4.21. The van der Waals surface area contributed by atoms with E-state index in [0.717, 1.165) is 17.0 Å².